The summed E-state index contributed by atoms with van der Waals surface area (Å²) in [6, 6.07) is 8.14. The minimum absolute atomic E-state index is 0.0838. The van der Waals surface area contributed by atoms with Crippen molar-refractivity contribution in [3.8, 4) is 0 Å². The van der Waals surface area contributed by atoms with Crippen molar-refractivity contribution in [1.82, 2.24) is 9.80 Å². The van der Waals surface area contributed by atoms with Gasteiger partial charge in [0.25, 0.3) is 11.8 Å². The molecule has 0 spiro atoms. The number of hydrogen-bond acceptors (Lipinski definition) is 4. The summed E-state index contributed by atoms with van der Waals surface area (Å²) >= 11 is 6.38. The molecule has 0 bridgehead atoms. The van der Waals surface area contributed by atoms with E-state index < -0.39 is 5.82 Å². The number of carbonyl (C=O) groups is 2. The Bertz CT molecular complexity index is 1090. The smallest absolute Gasteiger partial charge is 0.255 e. The summed E-state index contributed by atoms with van der Waals surface area (Å²) in [6.45, 7) is 9.13. The summed E-state index contributed by atoms with van der Waals surface area (Å²) in [6.07, 6.45) is 1.45. The van der Waals surface area contributed by atoms with Crippen molar-refractivity contribution < 1.29 is 18.7 Å². The van der Waals surface area contributed by atoms with Crippen molar-refractivity contribution in [2.45, 2.75) is 52.3 Å². The van der Waals surface area contributed by atoms with Crippen LogP contribution in [-0.2, 0) is 16.1 Å². The van der Waals surface area contributed by atoms with E-state index in [1.807, 2.05) is 17.9 Å². The Kier molecular flexibility index (Phi) is 7.55. The molecule has 2 aliphatic rings. The highest BCUT2D eigenvalue weighted by atomic mass is 35.5. The van der Waals surface area contributed by atoms with Crippen molar-refractivity contribution in [2.24, 2.45) is 0 Å². The molecule has 0 unspecified atom stereocenters. The fourth-order valence-corrected chi connectivity index (χ4v) is 4.90. The molecule has 2 saturated heterocycles. The van der Waals surface area contributed by atoms with Crippen LogP contribution in [-0.4, -0.2) is 60.0 Å². The van der Waals surface area contributed by atoms with Crippen LogP contribution in [0, 0.1) is 19.7 Å². The average Bonchev–Trinajstić information content (AvgIpc) is 3.33. The summed E-state index contributed by atoms with van der Waals surface area (Å²) in [5.41, 5.74) is 3.27. The first-order chi connectivity index (χ1) is 16.2. The van der Waals surface area contributed by atoms with Gasteiger partial charge in [0.05, 0.1) is 0 Å². The molecule has 2 fully saturated rings. The van der Waals surface area contributed by atoms with Gasteiger partial charge in [-0.1, -0.05) is 17.7 Å². The van der Waals surface area contributed by atoms with Gasteiger partial charge in [0.1, 0.15) is 11.9 Å². The second-order valence-corrected chi connectivity index (χ2v) is 9.71. The van der Waals surface area contributed by atoms with E-state index in [0.717, 1.165) is 37.1 Å². The molecule has 0 saturated carbocycles. The van der Waals surface area contributed by atoms with Gasteiger partial charge in [0.2, 0.25) is 0 Å². The lowest BCUT2D eigenvalue weighted by Gasteiger charge is -2.41. The number of nitrogens with zero attached hydrogens (tertiary/aromatic N) is 2. The van der Waals surface area contributed by atoms with Crippen LogP contribution in [0.25, 0.3) is 0 Å². The van der Waals surface area contributed by atoms with Crippen LogP contribution in [0.3, 0.4) is 0 Å². The van der Waals surface area contributed by atoms with Crippen molar-refractivity contribution in [3.63, 3.8) is 0 Å². The van der Waals surface area contributed by atoms with E-state index in [0.29, 0.717) is 36.0 Å². The van der Waals surface area contributed by atoms with Crippen LogP contribution in [0.4, 0.5) is 10.1 Å². The van der Waals surface area contributed by atoms with Gasteiger partial charge in [-0.05, 0) is 74.6 Å². The van der Waals surface area contributed by atoms with Crippen molar-refractivity contribution in [1.29, 1.82) is 0 Å². The van der Waals surface area contributed by atoms with Gasteiger partial charge < -0.3 is 15.0 Å². The minimum Gasteiger partial charge on any atom is -0.368 e. The quantitative estimate of drug-likeness (QED) is 0.671. The standard InChI is InChI=1S/C26H31ClFN3O3/c1-16-6-7-19(12-22(16)28)25(32)29-23-13-21(27)11-20(18(23)3)15-30-8-9-31(17(2)14-30)26(33)24-5-4-10-34-24/h6-7,11-13,17,24H,4-5,8-10,14-15H2,1-3H3,(H,29,32)/t17-,24+/m0/s1. The van der Waals surface area contributed by atoms with Crippen LogP contribution in [0.5, 0.6) is 0 Å². The molecule has 2 heterocycles. The lowest BCUT2D eigenvalue weighted by atomic mass is 10.0. The summed E-state index contributed by atoms with van der Waals surface area (Å²) in [4.78, 5) is 29.7. The van der Waals surface area contributed by atoms with Gasteiger partial charge >= 0.3 is 0 Å². The maximum Gasteiger partial charge on any atom is 0.255 e. The zero-order valence-electron chi connectivity index (χ0n) is 19.9. The van der Waals surface area contributed by atoms with Crippen molar-refractivity contribution in [3.05, 3.63) is 63.4 Å². The van der Waals surface area contributed by atoms with Crippen LogP contribution >= 0.6 is 11.6 Å². The molecular weight excluding hydrogens is 457 g/mol. The number of rotatable bonds is 5. The fraction of sp³-hybridized carbons (Fsp3) is 0.462. The van der Waals surface area contributed by atoms with Crippen molar-refractivity contribution >= 4 is 29.1 Å². The molecule has 2 aromatic carbocycles. The van der Waals surface area contributed by atoms with E-state index in [9.17, 15) is 14.0 Å². The predicted octanol–water partition coefficient (Wildman–Crippen LogP) is 4.56. The third-order valence-corrected chi connectivity index (χ3v) is 6.97. The zero-order chi connectivity index (χ0) is 24.4. The van der Waals surface area contributed by atoms with Crippen LogP contribution in [0.1, 0.15) is 46.8 Å². The Balaban J connectivity index is 1.43. The molecule has 2 aromatic rings. The molecule has 8 heteroatoms. The second kappa shape index (κ2) is 10.4. The number of piperazine rings is 1. The van der Waals surface area contributed by atoms with Crippen LogP contribution in [0.2, 0.25) is 5.02 Å². The summed E-state index contributed by atoms with van der Waals surface area (Å²) < 4.78 is 19.5. The zero-order valence-corrected chi connectivity index (χ0v) is 20.6. The number of carbonyl (C=O) groups excluding carboxylic acids is 2. The number of anilines is 1. The lowest BCUT2D eigenvalue weighted by Crippen LogP contribution is -2.55. The van der Waals surface area contributed by atoms with E-state index in [4.69, 9.17) is 16.3 Å². The van der Waals surface area contributed by atoms with Gasteiger partial charge in [-0.2, -0.15) is 0 Å². The van der Waals surface area contributed by atoms with E-state index in [2.05, 4.69) is 17.1 Å². The normalized spacial score (nSPS) is 21.0. The topological polar surface area (TPSA) is 61.9 Å². The van der Waals surface area contributed by atoms with Crippen LogP contribution in [0.15, 0.2) is 30.3 Å². The number of hydrogen-bond donors (Lipinski definition) is 1. The average molecular weight is 488 g/mol. The number of nitrogens with one attached hydrogen (secondary N) is 1. The molecule has 2 amide bonds. The minimum atomic E-state index is -0.414. The van der Waals surface area contributed by atoms with E-state index in [1.165, 1.54) is 6.07 Å². The fourth-order valence-electron chi connectivity index (χ4n) is 4.66. The molecule has 2 aliphatic heterocycles. The number of ether oxygens (including phenoxy) is 1. The van der Waals surface area contributed by atoms with Gasteiger partial charge in [0, 0.05) is 55.1 Å². The molecule has 6 nitrogen and oxygen atoms in total. The molecule has 0 aliphatic carbocycles. The number of benzene rings is 2. The lowest BCUT2D eigenvalue weighted by molar-refractivity contribution is -0.145. The SMILES string of the molecule is Cc1ccc(C(=O)Nc2cc(Cl)cc(CN3CCN(C(=O)[C@H]4CCCO4)[C@@H](C)C3)c2C)cc1F. The number of halogens is 2. The maximum absolute atomic E-state index is 13.9. The first-order valence-electron chi connectivity index (χ1n) is 11.7. The Morgan fingerprint density at radius 2 is 2.00 bits per heavy atom. The van der Waals surface area contributed by atoms with E-state index in [-0.39, 0.29) is 29.5 Å². The summed E-state index contributed by atoms with van der Waals surface area (Å²) in [5, 5.41) is 3.40. The largest absolute Gasteiger partial charge is 0.368 e. The number of amides is 2. The highest BCUT2D eigenvalue weighted by Crippen LogP contribution is 2.28. The second-order valence-electron chi connectivity index (χ2n) is 9.27. The molecule has 1 N–H and O–H groups in total. The molecule has 4 rings (SSSR count). The first kappa shape index (κ1) is 24.6. The number of aryl methyl sites for hydroxylation is 1. The Hall–Kier alpha value is -2.48. The van der Waals surface area contributed by atoms with Crippen LogP contribution < -0.4 is 5.32 Å². The molecule has 34 heavy (non-hydrogen) atoms. The maximum atomic E-state index is 13.9. The summed E-state index contributed by atoms with van der Waals surface area (Å²) in [7, 11) is 0. The monoisotopic (exact) mass is 487 g/mol. The van der Waals surface area contributed by atoms with E-state index in [1.54, 1.807) is 25.1 Å². The molecular formula is C26H31ClFN3O3. The molecule has 182 valence electrons. The van der Waals surface area contributed by atoms with Crippen molar-refractivity contribution in [2.75, 3.05) is 31.6 Å². The van der Waals surface area contributed by atoms with Gasteiger partial charge in [0.15, 0.2) is 0 Å². The molecule has 0 aromatic heterocycles. The Morgan fingerprint density at radius 1 is 1.21 bits per heavy atom. The van der Waals surface area contributed by atoms with Gasteiger partial charge in [-0.3, -0.25) is 14.5 Å². The predicted molar refractivity (Wildman–Crippen MR) is 131 cm³/mol. The third-order valence-electron chi connectivity index (χ3n) is 6.76. The van der Waals surface area contributed by atoms with Gasteiger partial charge in [-0.25, -0.2) is 4.39 Å². The highest BCUT2D eigenvalue weighted by molar-refractivity contribution is 6.31. The Labute approximate surface area is 205 Å². The van der Waals surface area contributed by atoms with Gasteiger partial charge in [-0.15, -0.1) is 0 Å². The van der Waals surface area contributed by atoms with E-state index >= 15 is 0 Å². The summed E-state index contributed by atoms with van der Waals surface area (Å²) in [5.74, 6) is -0.700. The first-order valence-corrected chi connectivity index (χ1v) is 12.1. The molecule has 0 radical (unpaired) electrons. The third kappa shape index (κ3) is 5.43. The molecule has 2 atom stereocenters. The highest BCUT2D eigenvalue weighted by Gasteiger charge is 2.34. The Morgan fingerprint density at radius 3 is 2.68 bits per heavy atom.